The number of benzene rings is 2. The number of urea groups is 1. The molecule has 0 saturated heterocycles. The smallest absolute Gasteiger partial charge is 0.317 e. The highest BCUT2D eigenvalue weighted by Crippen LogP contribution is 2.22. The molecule has 26 heavy (non-hydrogen) atoms. The van der Waals surface area contributed by atoms with Crippen LogP contribution in [-0.2, 0) is 13.1 Å². The molecular formula is C20H23N3O2S. The van der Waals surface area contributed by atoms with Crippen LogP contribution in [-0.4, -0.2) is 29.1 Å². The molecule has 0 spiro atoms. The van der Waals surface area contributed by atoms with Gasteiger partial charge in [-0.15, -0.1) is 11.3 Å². The molecule has 1 heterocycles. The first kappa shape index (κ1) is 18.2. The predicted molar refractivity (Wildman–Crippen MR) is 106 cm³/mol. The number of para-hydroxylation sites is 1. The summed E-state index contributed by atoms with van der Waals surface area (Å²) in [6.45, 7) is 4.96. The Morgan fingerprint density at radius 1 is 1.19 bits per heavy atom. The summed E-state index contributed by atoms with van der Waals surface area (Å²) in [6, 6.07) is 15.7. The molecule has 0 unspecified atom stereocenters. The van der Waals surface area contributed by atoms with Crippen LogP contribution in [0.2, 0.25) is 0 Å². The Labute approximate surface area is 157 Å². The quantitative estimate of drug-likeness (QED) is 0.699. The van der Waals surface area contributed by atoms with Gasteiger partial charge in [-0.3, -0.25) is 0 Å². The van der Waals surface area contributed by atoms with Crippen molar-refractivity contribution in [3.8, 4) is 5.75 Å². The summed E-state index contributed by atoms with van der Waals surface area (Å²) in [5, 5.41) is 3.87. The van der Waals surface area contributed by atoms with Gasteiger partial charge in [-0.1, -0.05) is 24.3 Å². The van der Waals surface area contributed by atoms with E-state index in [0.29, 0.717) is 13.1 Å². The van der Waals surface area contributed by atoms with Gasteiger partial charge in [0.1, 0.15) is 10.8 Å². The summed E-state index contributed by atoms with van der Waals surface area (Å²) < 4.78 is 6.76. The summed E-state index contributed by atoms with van der Waals surface area (Å²) >= 11 is 1.62. The minimum Gasteiger partial charge on any atom is -0.491 e. The van der Waals surface area contributed by atoms with Gasteiger partial charge in [0.05, 0.1) is 22.9 Å². The van der Waals surface area contributed by atoms with Crippen molar-refractivity contribution in [2.75, 3.05) is 7.05 Å². The van der Waals surface area contributed by atoms with Gasteiger partial charge in [0, 0.05) is 13.6 Å². The van der Waals surface area contributed by atoms with E-state index in [-0.39, 0.29) is 12.1 Å². The number of nitrogens with one attached hydrogen (secondary N) is 1. The maximum atomic E-state index is 12.3. The molecule has 5 nitrogen and oxygen atoms in total. The molecule has 0 saturated carbocycles. The monoisotopic (exact) mass is 369 g/mol. The molecule has 2 amide bonds. The number of nitrogens with zero attached hydrogens (tertiary/aromatic N) is 2. The summed E-state index contributed by atoms with van der Waals surface area (Å²) in [5.41, 5.74) is 2.01. The Hall–Kier alpha value is -2.60. The Kier molecular flexibility index (Phi) is 5.73. The minimum atomic E-state index is -0.119. The molecule has 0 aliphatic heterocycles. The third-order valence-corrected chi connectivity index (χ3v) is 4.82. The average Bonchev–Trinajstić information content (AvgIpc) is 3.02. The van der Waals surface area contributed by atoms with Gasteiger partial charge in [0.25, 0.3) is 0 Å². The van der Waals surface area contributed by atoms with E-state index in [1.165, 1.54) is 0 Å². The number of fused-ring (bicyclic) bond motifs is 1. The summed E-state index contributed by atoms with van der Waals surface area (Å²) in [4.78, 5) is 18.5. The fourth-order valence-electron chi connectivity index (χ4n) is 2.53. The molecule has 1 aromatic heterocycles. The molecule has 136 valence electrons. The van der Waals surface area contributed by atoms with E-state index in [0.717, 1.165) is 26.5 Å². The third kappa shape index (κ3) is 4.73. The number of thiazole rings is 1. The SMILES string of the molecule is CC(C)Oc1ccc(CNC(=O)N(C)Cc2nc3ccccc3s2)cc1. The van der Waals surface area contributed by atoms with Crippen molar-refractivity contribution in [1.82, 2.24) is 15.2 Å². The fraction of sp³-hybridized carbons (Fsp3) is 0.300. The van der Waals surface area contributed by atoms with E-state index in [1.54, 1.807) is 23.3 Å². The third-order valence-electron chi connectivity index (χ3n) is 3.80. The van der Waals surface area contributed by atoms with Crippen LogP contribution in [0.4, 0.5) is 4.79 Å². The highest BCUT2D eigenvalue weighted by molar-refractivity contribution is 7.18. The number of carbonyl (C=O) groups is 1. The summed E-state index contributed by atoms with van der Waals surface area (Å²) in [7, 11) is 1.78. The Bertz CT molecular complexity index is 841. The second-order valence-corrected chi connectivity index (χ2v) is 7.52. The van der Waals surface area contributed by atoms with Crippen LogP contribution in [0.1, 0.15) is 24.4 Å². The number of rotatable bonds is 6. The second-order valence-electron chi connectivity index (χ2n) is 6.40. The van der Waals surface area contributed by atoms with Crippen LogP contribution < -0.4 is 10.1 Å². The predicted octanol–water partition coefficient (Wildman–Crippen LogP) is 4.43. The van der Waals surface area contributed by atoms with Crippen molar-refractivity contribution < 1.29 is 9.53 Å². The number of ether oxygens (including phenoxy) is 1. The lowest BCUT2D eigenvalue weighted by atomic mass is 10.2. The van der Waals surface area contributed by atoms with Crippen molar-refractivity contribution in [2.45, 2.75) is 33.0 Å². The van der Waals surface area contributed by atoms with Crippen LogP contribution in [0.25, 0.3) is 10.2 Å². The van der Waals surface area contributed by atoms with Gasteiger partial charge in [0.15, 0.2) is 0 Å². The van der Waals surface area contributed by atoms with E-state index in [9.17, 15) is 4.79 Å². The first-order valence-electron chi connectivity index (χ1n) is 8.60. The molecule has 0 fully saturated rings. The van der Waals surface area contributed by atoms with E-state index in [4.69, 9.17) is 4.74 Å². The molecule has 0 aliphatic carbocycles. The zero-order chi connectivity index (χ0) is 18.5. The highest BCUT2D eigenvalue weighted by Gasteiger charge is 2.12. The van der Waals surface area contributed by atoms with Crippen molar-refractivity contribution in [2.24, 2.45) is 0 Å². The Morgan fingerprint density at radius 2 is 1.92 bits per heavy atom. The molecule has 0 atom stereocenters. The van der Waals surface area contributed by atoms with Gasteiger partial charge >= 0.3 is 6.03 Å². The van der Waals surface area contributed by atoms with Gasteiger partial charge in [-0.2, -0.15) is 0 Å². The lowest BCUT2D eigenvalue weighted by molar-refractivity contribution is 0.206. The molecule has 6 heteroatoms. The molecule has 0 aliphatic rings. The van der Waals surface area contributed by atoms with Crippen molar-refractivity contribution in [3.05, 3.63) is 59.1 Å². The first-order chi connectivity index (χ1) is 12.5. The standard InChI is InChI=1S/C20H23N3O2S/c1-14(2)25-16-10-8-15(9-11-16)12-21-20(24)23(3)13-19-22-17-6-4-5-7-18(17)26-19/h4-11,14H,12-13H2,1-3H3,(H,21,24). The molecule has 1 N–H and O–H groups in total. The van der Waals surface area contributed by atoms with Crippen molar-refractivity contribution in [1.29, 1.82) is 0 Å². The van der Waals surface area contributed by atoms with Gasteiger partial charge in [0.2, 0.25) is 0 Å². The van der Waals surface area contributed by atoms with E-state index < -0.39 is 0 Å². The highest BCUT2D eigenvalue weighted by atomic mass is 32.1. The molecule has 0 radical (unpaired) electrons. The number of hydrogen-bond donors (Lipinski definition) is 1. The number of hydrogen-bond acceptors (Lipinski definition) is 4. The largest absolute Gasteiger partial charge is 0.491 e. The van der Waals surface area contributed by atoms with Crippen molar-refractivity contribution >= 4 is 27.6 Å². The van der Waals surface area contributed by atoms with Gasteiger partial charge in [-0.25, -0.2) is 9.78 Å². The number of amides is 2. The topological polar surface area (TPSA) is 54.5 Å². The second kappa shape index (κ2) is 8.19. The molecule has 3 aromatic rings. The maximum absolute atomic E-state index is 12.3. The normalized spacial score (nSPS) is 10.9. The first-order valence-corrected chi connectivity index (χ1v) is 9.42. The number of aromatic nitrogens is 1. The van der Waals surface area contributed by atoms with Crippen LogP contribution >= 0.6 is 11.3 Å². The lowest BCUT2D eigenvalue weighted by Gasteiger charge is -2.17. The lowest BCUT2D eigenvalue weighted by Crippen LogP contribution is -2.36. The van der Waals surface area contributed by atoms with Gasteiger partial charge in [-0.05, 0) is 43.7 Å². The maximum Gasteiger partial charge on any atom is 0.317 e. The fourth-order valence-corrected chi connectivity index (χ4v) is 3.55. The zero-order valence-electron chi connectivity index (χ0n) is 15.2. The molecule has 2 aromatic carbocycles. The summed E-state index contributed by atoms with van der Waals surface area (Å²) in [6.07, 6.45) is 0.150. The molecule has 0 bridgehead atoms. The Morgan fingerprint density at radius 3 is 2.62 bits per heavy atom. The van der Waals surface area contributed by atoms with Crippen LogP contribution in [0.3, 0.4) is 0 Å². The van der Waals surface area contributed by atoms with Crippen LogP contribution in [0, 0.1) is 0 Å². The van der Waals surface area contributed by atoms with Crippen LogP contribution in [0.5, 0.6) is 5.75 Å². The van der Waals surface area contributed by atoms with Gasteiger partial charge < -0.3 is 15.0 Å². The van der Waals surface area contributed by atoms with E-state index >= 15 is 0 Å². The zero-order valence-corrected chi connectivity index (χ0v) is 16.0. The van der Waals surface area contributed by atoms with E-state index in [2.05, 4.69) is 10.3 Å². The van der Waals surface area contributed by atoms with E-state index in [1.807, 2.05) is 62.4 Å². The Balaban J connectivity index is 1.52. The van der Waals surface area contributed by atoms with Crippen LogP contribution in [0.15, 0.2) is 48.5 Å². The van der Waals surface area contributed by atoms with Crippen molar-refractivity contribution in [3.63, 3.8) is 0 Å². The average molecular weight is 369 g/mol. The summed E-state index contributed by atoms with van der Waals surface area (Å²) in [5.74, 6) is 0.836. The molecule has 3 rings (SSSR count). The number of carbonyl (C=O) groups excluding carboxylic acids is 1. The minimum absolute atomic E-state index is 0.119. The molecular weight excluding hydrogens is 346 g/mol.